The summed E-state index contributed by atoms with van der Waals surface area (Å²) in [7, 11) is 0. The van der Waals surface area contributed by atoms with Gasteiger partial charge in [0.2, 0.25) is 5.91 Å². The molecule has 0 spiro atoms. The molecule has 3 fully saturated rings. The maximum absolute atomic E-state index is 13.6. The number of benzene rings is 1. The molecule has 7 atom stereocenters. The van der Waals surface area contributed by atoms with Gasteiger partial charge in [0.1, 0.15) is 5.82 Å². The number of piperidine rings is 1. The van der Waals surface area contributed by atoms with E-state index in [0.717, 1.165) is 38.6 Å². The van der Waals surface area contributed by atoms with Gasteiger partial charge in [-0.1, -0.05) is 26.0 Å². The molecule has 0 bridgehead atoms. The standard InChI is InChI=1S/C26H33FN2O2/c1-16-19-7-8-22-20(25(19,2)12-10-23(16)30)9-13-26(3)21(11-14-29(22)26)24(31)28-18-6-4-5-17(27)15-18/h4-6,10,12,15-16,19-22H,7-9,11,13-14H2,1-3H3,(H,28,31)/t16?,19?,20-,21?,22-,25+,26-/m1/s1. The Kier molecular flexibility index (Phi) is 4.89. The first-order chi connectivity index (χ1) is 14.7. The number of amides is 1. The molecule has 166 valence electrons. The smallest absolute Gasteiger partial charge is 0.229 e. The van der Waals surface area contributed by atoms with Gasteiger partial charge in [-0.05, 0) is 87.1 Å². The van der Waals surface area contributed by atoms with Gasteiger partial charge in [0, 0.05) is 23.2 Å². The molecule has 3 unspecified atom stereocenters. The van der Waals surface area contributed by atoms with Crippen LogP contribution in [0.3, 0.4) is 0 Å². The largest absolute Gasteiger partial charge is 0.326 e. The summed E-state index contributed by atoms with van der Waals surface area (Å²) < 4.78 is 13.6. The fourth-order valence-electron chi connectivity index (χ4n) is 7.63. The molecule has 1 N–H and O–H groups in total. The van der Waals surface area contributed by atoms with E-state index in [0.29, 0.717) is 23.6 Å². The summed E-state index contributed by atoms with van der Waals surface area (Å²) in [6.07, 6.45) is 9.12. The Hall–Kier alpha value is -2.01. The number of hydrogen-bond donors (Lipinski definition) is 1. The molecule has 0 aromatic heterocycles. The van der Waals surface area contributed by atoms with E-state index in [1.165, 1.54) is 12.1 Å². The minimum atomic E-state index is -0.337. The van der Waals surface area contributed by atoms with E-state index in [9.17, 15) is 14.0 Å². The zero-order valence-electron chi connectivity index (χ0n) is 18.7. The van der Waals surface area contributed by atoms with Gasteiger partial charge in [-0.25, -0.2) is 4.39 Å². The Balaban J connectivity index is 1.38. The van der Waals surface area contributed by atoms with Gasteiger partial charge in [0.05, 0.1) is 5.92 Å². The molecule has 0 radical (unpaired) electrons. The SMILES string of the molecule is CC1C(=O)C=C[C@@]2(C)C1CC[C@@H]1[C@H]2CC[C@]2(C)C(C(=O)Nc3cccc(F)c3)CCN12. The molecule has 1 saturated carbocycles. The van der Waals surface area contributed by atoms with Crippen molar-refractivity contribution in [2.75, 3.05) is 11.9 Å². The average molecular weight is 425 g/mol. The van der Waals surface area contributed by atoms with E-state index >= 15 is 0 Å². The van der Waals surface area contributed by atoms with Gasteiger partial charge in [-0.3, -0.25) is 14.5 Å². The number of anilines is 1. The van der Waals surface area contributed by atoms with E-state index in [2.05, 4.69) is 37.1 Å². The van der Waals surface area contributed by atoms with Crippen LogP contribution in [-0.2, 0) is 9.59 Å². The molecule has 2 aliphatic heterocycles. The van der Waals surface area contributed by atoms with Crippen LogP contribution < -0.4 is 5.32 Å². The van der Waals surface area contributed by atoms with Crippen molar-refractivity contribution in [3.63, 3.8) is 0 Å². The number of hydrogen-bond acceptors (Lipinski definition) is 3. The minimum Gasteiger partial charge on any atom is -0.326 e. The van der Waals surface area contributed by atoms with Crippen LogP contribution in [0.2, 0.25) is 0 Å². The Morgan fingerprint density at radius 1 is 1.16 bits per heavy atom. The summed E-state index contributed by atoms with van der Waals surface area (Å²) in [5.41, 5.74) is 0.418. The summed E-state index contributed by atoms with van der Waals surface area (Å²) in [5.74, 6) is 0.900. The van der Waals surface area contributed by atoms with Crippen LogP contribution in [-0.4, -0.2) is 34.7 Å². The number of allylic oxidation sites excluding steroid dienone is 2. The predicted molar refractivity (Wildman–Crippen MR) is 119 cm³/mol. The van der Waals surface area contributed by atoms with Gasteiger partial charge < -0.3 is 5.32 Å². The second-order valence-corrected chi connectivity index (χ2v) is 10.7. The van der Waals surface area contributed by atoms with Crippen molar-refractivity contribution < 1.29 is 14.0 Å². The second kappa shape index (κ2) is 7.26. The third-order valence-corrected chi connectivity index (χ3v) is 9.33. The van der Waals surface area contributed by atoms with Crippen LogP contribution in [0, 0.1) is 34.9 Å². The van der Waals surface area contributed by atoms with Crippen molar-refractivity contribution in [3.8, 4) is 0 Å². The van der Waals surface area contributed by atoms with Gasteiger partial charge in [-0.2, -0.15) is 0 Å². The third-order valence-electron chi connectivity index (χ3n) is 9.33. The van der Waals surface area contributed by atoms with Gasteiger partial charge >= 0.3 is 0 Å². The monoisotopic (exact) mass is 424 g/mol. The summed E-state index contributed by atoms with van der Waals surface area (Å²) in [6.45, 7) is 7.65. The van der Waals surface area contributed by atoms with Gasteiger partial charge in [0.25, 0.3) is 0 Å². The number of carbonyl (C=O) groups excluding carboxylic acids is 2. The quantitative estimate of drug-likeness (QED) is 0.741. The maximum atomic E-state index is 13.6. The molecule has 5 rings (SSSR count). The van der Waals surface area contributed by atoms with Gasteiger partial charge in [-0.15, -0.1) is 0 Å². The van der Waals surface area contributed by atoms with Crippen LogP contribution in [0.1, 0.15) is 52.9 Å². The molecule has 1 amide bonds. The molecule has 1 aromatic rings. The van der Waals surface area contributed by atoms with Crippen LogP contribution in [0.4, 0.5) is 10.1 Å². The van der Waals surface area contributed by atoms with Crippen molar-refractivity contribution in [3.05, 3.63) is 42.2 Å². The van der Waals surface area contributed by atoms with Crippen molar-refractivity contribution in [1.29, 1.82) is 0 Å². The molecule has 4 aliphatic rings. The molecule has 2 heterocycles. The highest BCUT2D eigenvalue weighted by atomic mass is 19.1. The number of halogens is 1. The van der Waals surface area contributed by atoms with Crippen LogP contribution in [0.5, 0.6) is 0 Å². The summed E-state index contributed by atoms with van der Waals surface area (Å²) >= 11 is 0. The molecule has 2 saturated heterocycles. The minimum absolute atomic E-state index is 0.00530. The van der Waals surface area contributed by atoms with Crippen LogP contribution >= 0.6 is 0 Å². The van der Waals surface area contributed by atoms with Crippen molar-refractivity contribution in [2.24, 2.45) is 29.1 Å². The lowest BCUT2D eigenvalue weighted by Gasteiger charge is -2.60. The first-order valence-electron chi connectivity index (χ1n) is 11.8. The first-order valence-corrected chi connectivity index (χ1v) is 11.8. The molecule has 31 heavy (non-hydrogen) atoms. The number of fused-ring (bicyclic) bond motifs is 5. The third kappa shape index (κ3) is 3.11. The fraction of sp³-hybridized carbons (Fsp3) is 0.615. The van der Waals surface area contributed by atoms with Crippen molar-refractivity contribution in [2.45, 2.75) is 64.5 Å². The molecular weight excluding hydrogens is 391 g/mol. The number of rotatable bonds is 2. The number of ketones is 1. The van der Waals surface area contributed by atoms with E-state index < -0.39 is 0 Å². The number of nitrogens with one attached hydrogen (secondary N) is 1. The first kappa shape index (κ1) is 20.9. The Labute approximate surface area is 184 Å². The Morgan fingerprint density at radius 2 is 1.97 bits per heavy atom. The van der Waals surface area contributed by atoms with E-state index in [1.54, 1.807) is 12.1 Å². The second-order valence-electron chi connectivity index (χ2n) is 10.7. The highest BCUT2D eigenvalue weighted by Gasteiger charge is 2.60. The van der Waals surface area contributed by atoms with Crippen molar-refractivity contribution >= 4 is 17.4 Å². The Bertz CT molecular complexity index is 945. The van der Waals surface area contributed by atoms with E-state index in [1.807, 2.05) is 6.08 Å². The highest BCUT2D eigenvalue weighted by Crippen LogP contribution is 2.59. The number of carbonyl (C=O) groups is 2. The summed E-state index contributed by atoms with van der Waals surface area (Å²) in [5, 5.41) is 2.96. The molecular formula is C26H33FN2O2. The zero-order chi connectivity index (χ0) is 22.0. The average Bonchev–Trinajstić information content (AvgIpc) is 3.08. The lowest BCUT2D eigenvalue weighted by molar-refractivity contribution is -0.135. The maximum Gasteiger partial charge on any atom is 0.229 e. The Morgan fingerprint density at radius 3 is 2.74 bits per heavy atom. The fourth-order valence-corrected chi connectivity index (χ4v) is 7.63. The zero-order valence-corrected chi connectivity index (χ0v) is 18.7. The van der Waals surface area contributed by atoms with Crippen molar-refractivity contribution in [1.82, 2.24) is 4.90 Å². The molecule has 5 heteroatoms. The summed E-state index contributed by atoms with van der Waals surface area (Å²) in [6, 6.07) is 6.59. The molecule has 1 aromatic carbocycles. The predicted octanol–water partition coefficient (Wildman–Crippen LogP) is 4.81. The lowest BCUT2D eigenvalue weighted by atomic mass is 9.51. The molecule has 4 nitrogen and oxygen atoms in total. The summed E-state index contributed by atoms with van der Waals surface area (Å²) in [4.78, 5) is 28.1. The highest BCUT2D eigenvalue weighted by molar-refractivity contribution is 5.94. The van der Waals surface area contributed by atoms with E-state index in [-0.39, 0.29) is 40.3 Å². The van der Waals surface area contributed by atoms with E-state index in [4.69, 9.17) is 0 Å². The van der Waals surface area contributed by atoms with Crippen LogP contribution in [0.25, 0.3) is 0 Å². The molecule has 2 aliphatic carbocycles. The lowest BCUT2D eigenvalue weighted by Crippen LogP contribution is -2.64. The topological polar surface area (TPSA) is 49.4 Å². The van der Waals surface area contributed by atoms with Gasteiger partial charge in [0.15, 0.2) is 5.78 Å². The number of nitrogens with zero attached hydrogens (tertiary/aromatic N) is 1. The van der Waals surface area contributed by atoms with Crippen LogP contribution in [0.15, 0.2) is 36.4 Å². The normalized spacial score (nSPS) is 41.9.